The molecule has 2 aliphatic rings. The van der Waals surface area contributed by atoms with Crippen molar-refractivity contribution in [1.82, 2.24) is 14.8 Å². The summed E-state index contributed by atoms with van der Waals surface area (Å²) in [6, 6.07) is 8.04. The van der Waals surface area contributed by atoms with E-state index in [4.69, 9.17) is 4.74 Å². The van der Waals surface area contributed by atoms with Crippen LogP contribution in [-0.2, 0) is 16.1 Å². The number of thioether (sulfide) groups is 1. The third-order valence-corrected chi connectivity index (χ3v) is 7.05. The monoisotopic (exact) mass is 443 g/mol. The van der Waals surface area contributed by atoms with Gasteiger partial charge in [-0.05, 0) is 57.6 Å². The number of piperidine rings is 1. The molecule has 168 valence electrons. The van der Waals surface area contributed by atoms with Crippen LogP contribution in [0.2, 0.25) is 0 Å². The van der Waals surface area contributed by atoms with Crippen LogP contribution in [-0.4, -0.2) is 58.8 Å². The minimum absolute atomic E-state index is 0.0907. The molecule has 1 aromatic carbocycles. The van der Waals surface area contributed by atoms with Gasteiger partial charge < -0.3 is 14.5 Å². The lowest BCUT2D eigenvalue weighted by Crippen LogP contribution is -2.33. The predicted octanol–water partition coefficient (Wildman–Crippen LogP) is 3.90. The van der Waals surface area contributed by atoms with Crippen LogP contribution in [0.1, 0.15) is 44.6 Å². The van der Waals surface area contributed by atoms with Crippen molar-refractivity contribution in [1.29, 1.82) is 0 Å². The zero-order chi connectivity index (χ0) is 21.6. The molecule has 2 aromatic rings. The van der Waals surface area contributed by atoms with E-state index in [-0.39, 0.29) is 12.0 Å². The Bertz CT molecular complexity index is 875. The van der Waals surface area contributed by atoms with Crippen molar-refractivity contribution in [2.45, 2.75) is 63.8 Å². The van der Waals surface area contributed by atoms with Gasteiger partial charge in [-0.1, -0.05) is 30.0 Å². The molecule has 1 unspecified atom stereocenters. The Morgan fingerprint density at radius 2 is 2.00 bits per heavy atom. The number of carbonyl (C=O) groups excluding carboxylic acids is 1. The molecule has 3 heterocycles. The summed E-state index contributed by atoms with van der Waals surface area (Å²) in [7, 11) is 0. The summed E-state index contributed by atoms with van der Waals surface area (Å²) in [6.07, 6.45) is 6.03. The van der Waals surface area contributed by atoms with E-state index in [1.165, 1.54) is 31.0 Å². The van der Waals surface area contributed by atoms with Crippen LogP contribution in [0, 0.1) is 6.92 Å². The Balaban J connectivity index is 1.49. The Morgan fingerprint density at radius 3 is 2.71 bits per heavy atom. The highest BCUT2D eigenvalue weighted by molar-refractivity contribution is 7.99. The third-order valence-electron chi connectivity index (χ3n) is 6.09. The molecule has 1 atom stereocenters. The Labute approximate surface area is 189 Å². The normalized spacial score (nSPS) is 19.0. The van der Waals surface area contributed by atoms with Gasteiger partial charge in [0.05, 0.1) is 18.4 Å². The summed E-state index contributed by atoms with van der Waals surface area (Å²) in [4.78, 5) is 17.3. The molecular formula is C23H33N5O2S. The number of nitrogens with zero attached hydrogens (tertiary/aromatic N) is 5. The van der Waals surface area contributed by atoms with Crippen molar-refractivity contribution in [3.05, 3.63) is 29.8 Å². The van der Waals surface area contributed by atoms with Gasteiger partial charge in [-0.3, -0.25) is 9.36 Å². The van der Waals surface area contributed by atoms with Crippen LogP contribution < -0.4 is 9.80 Å². The van der Waals surface area contributed by atoms with Crippen LogP contribution in [0.25, 0.3) is 0 Å². The van der Waals surface area contributed by atoms with Crippen molar-refractivity contribution in [3.8, 4) is 0 Å². The molecule has 2 aliphatic heterocycles. The minimum atomic E-state index is 0.0907. The summed E-state index contributed by atoms with van der Waals surface area (Å²) in [5, 5.41) is 9.83. The first-order chi connectivity index (χ1) is 15.2. The van der Waals surface area contributed by atoms with E-state index in [0.717, 1.165) is 61.4 Å². The molecule has 7 nitrogen and oxygen atoms in total. The Hall–Kier alpha value is -2.06. The van der Waals surface area contributed by atoms with E-state index in [1.807, 2.05) is 43.0 Å². The molecular weight excluding hydrogens is 410 g/mol. The molecule has 1 aromatic heterocycles. The van der Waals surface area contributed by atoms with Crippen molar-refractivity contribution < 1.29 is 9.53 Å². The van der Waals surface area contributed by atoms with Gasteiger partial charge in [0, 0.05) is 31.9 Å². The van der Waals surface area contributed by atoms with Gasteiger partial charge in [-0.25, -0.2) is 0 Å². The standard InChI is InChI=1S/C23H33N5O2S/c1-3-27(20-12-6-5-10-18(20)2)21(29)17-31-23-25-24-22(26-13-7-4-8-14-26)28(23)16-19-11-9-15-30-19/h5-6,10,12,19H,3-4,7-9,11,13-17H2,1-2H3. The number of carbonyl (C=O) groups is 1. The summed E-state index contributed by atoms with van der Waals surface area (Å²) in [6.45, 7) is 8.32. The zero-order valence-electron chi connectivity index (χ0n) is 18.6. The van der Waals surface area contributed by atoms with Gasteiger partial charge in [0.1, 0.15) is 0 Å². The number of amides is 1. The summed E-state index contributed by atoms with van der Waals surface area (Å²) in [5.74, 6) is 1.36. The lowest BCUT2D eigenvalue weighted by atomic mass is 10.1. The maximum atomic E-state index is 13.1. The fourth-order valence-electron chi connectivity index (χ4n) is 4.42. The van der Waals surface area contributed by atoms with Crippen molar-refractivity contribution in [2.24, 2.45) is 0 Å². The highest BCUT2D eigenvalue weighted by Gasteiger charge is 2.25. The maximum absolute atomic E-state index is 13.1. The highest BCUT2D eigenvalue weighted by Crippen LogP contribution is 2.28. The second-order valence-corrected chi connectivity index (χ2v) is 9.23. The molecule has 1 amide bonds. The SMILES string of the molecule is CCN(C(=O)CSc1nnc(N2CCCCC2)n1CC1CCCO1)c1ccccc1C. The second-order valence-electron chi connectivity index (χ2n) is 8.29. The lowest BCUT2D eigenvalue weighted by Gasteiger charge is -2.28. The number of rotatable bonds is 8. The number of aromatic nitrogens is 3. The predicted molar refractivity (Wildman–Crippen MR) is 125 cm³/mol. The summed E-state index contributed by atoms with van der Waals surface area (Å²) in [5.41, 5.74) is 2.09. The number of hydrogen-bond donors (Lipinski definition) is 0. The summed E-state index contributed by atoms with van der Waals surface area (Å²) >= 11 is 1.48. The van der Waals surface area contributed by atoms with Gasteiger partial charge >= 0.3 is 0 Å². The van der Waals surface area contributed by atoms with Crippen molar-refractivity contribution in [2.75, 3.05) is 41.8 Å². The van der Waals surface area contributed by atoms with Crippen molar-refractivity contribution >= 4 is 29.3 Å². The van der Waals surface area contributed by atoms with Crippen LogP contribution in [0.4, 0.5) is 11.6 Å². The average Bonchev–Trinajstić information content (AvgIpc) is 3.45. The Morgan fingerprint density at radius 1 is 1.19 bits per heavy atom. The molecule has 8 heteroatoms. The van der Waals surface area contributed by atoms with Crippen LogP contribution >= 0.6 is 11.8 Å². The van der Waals surface area contributed by atoms with Gasteiger partial charge in [0.25, 0.3) is 0 Å². The van der Waals surface area contributed by atoms with Crippen molar-refractivity contribution in [3.63, 3.8) is 0 Å². The first-order valence-electron chi connectivity index (χ1n) is 11.5. The van der Waals surface area contributed by atoms with Crippen LogP contribution in [0.15, 0.2) is 29.4 Å². The molecule has 2 saturated heterocycles. The second kappa shape index (κ2) is 10.5. The molecule has 0 spiro atoms. The third kappa shape index (κ3) is 5.23. The quantitative estimate of drug-likeness (QED) is 0.577. The summed E-state index contributed by atoms with van der Waals surface area (Å²) < 4.78 is 8.08. The average molecular weight is 444 g/mol. The fourth-order valence-corrected chi connectivity index (χ4v) is 5.24. The smallest absolute Gasteiger partial charge is 0.237 e. The number of para-hydroxylation sites is 1. The van der Waals surface area contributed by atoms with E-state index < -0.39 is 0 Å². The first-order valence-corrected chi connectivity index (χ1v) is 12.4. The number of aryl methyl sites for hydroxylation is 1. The largest absolute Gasteiger partial charge is 0.376 e. The lowest BCUT2D eigenvalue weighted by molar-refractivity contribution is -0.116. The fraction of sp³-hybridized carbons (Fsp3) is 0.609. The van der Waals surface area contributed by atoms with Gasteiger partial charge in [-0.2, -0.15) is 0 Å². The van der Waals surface area contributed by atoms with E-state index in [2.05, 4.69) is 19.7 Å². The van der Waals surface area contributed by atoms with E-state index in [1.54, 1.807) is 0 Å². The van der Waals surface area contributed by atoms with Gasteiger partial charge in [0.2, 0.25) is 11.9 Å². The number of ether oxygens (including phenoxy) is 1. The van der Waals surface area contributed by atoms with E-state index in [0.29, 0.717) is 12.3 Å². The van der Waals surface area contributed by atoms with E-state index >= 15 is 0 Å². The molecule has 0 radical (unpaired) electrons. The van der Waals surface area contributed by atoms with Gasteiger partial charge in [-0.15, -0.1) is 10.2 Å². The molecule has 31 heavy (non-hydrogen) atoms. The molecule has 0 saturated carbocycles. The molecule has 2 fully saturated rings. The van der Waals surface area contributed by atoms with Crippen LogP contribution in [0.5, 0.6) is 0 Å². The number of hydrogen-bond acceptors (Lipinski definition) is 6. The number of benzene rings is 1. The molecule has 0 bridgehead atoms. The van der Waals surface area contributed by atoms with Crippen LogP contribution in [0.3, 0.4) is 0 Å². The number of anilines is 2. The zero-order valence-corrected chi connectivity index (χ0v) is 19.4. The molecule has 0 N–H and O–H groups in total. The topological polar surface area (TPSA) is 63.5 Å². The van der Waals surface area contributed by atoms with E-state index in [9.17, 15) is 4.79 Å². The van der Waals surface area contributed by atoms with Gasteiger partial charge in [0.15, 0.2) is 5.16 Å². The Kier molecular flexibility index (Phi) is 7.50. The maximum Gasteiger partial charge on any atom is 0.237 e. The first kappa shape index (κ1) is 22.1. The highest BCUT2D eigenvalue weighted by atomic mass is 32.2. The molecule has 4 rings (SSSR count). The molecule has 0 aliphatic carbocycles. The minimum Gasteiger partial charge on any atom is -0.376 e.